The van der Waals surface area contributed by atoms with Crippen molar-refractivity contribution in [2.45, 2.75) is 12.6 Å². The number of aliphatic hydroxyl groups excluding tert-OH is 1. The molecule has 0 bridgehead atoms. The largest absolute Gasteiger partial charge is 0.467 e. The molecular weight excluding hydrogens is 332 g/mol. The fraction of sp³-hybridized carbons (Fsp3) is 0.200. The van der Waals surface area contributed by atoms with Gasteiger partial charge >= 0.3 is 0 Å². The highest BCUT2D eigenvalue weighted by molar-refractivity contribution is 5.93. The van der Waals surface area contributed by atoms with Crippen LogP contribution in [0.25, 0.3) is 0 Å². The highest BCUT2D eigenvalue weighted by Gasteiger charge is 2.22. The standard InChI is InChI=1S/C20H20N2O4/c1-21-13-16(9-10-19(21)24)20(25)22(12-15-6-3-2-4-7-15)14-17(23)18-8-5-11-26-18/h2-11,13,17,23H,12,14H2,1H3. The van der Waals surface area contributed by atoms with Crippen molar-refractivity contribution in [1.82, 2.24) is 9.47 Å². The molecule has 1 atom stereocenters. The van der Waals surface area contributed by atoms with E-state index in [1.54, 1.807) is 24.1 Å². The van der Waals surface area contributed by atoms with Gasteiger partial charge in [0, 0.05) is 25.9 Å². The highest BCUT2D eigenvalue weighted by Crippen LogP contribution is 2.18. The first kappa shape index (κ1) is 17.7. The fourth-order valence-corrected chi connectivity index (χ4v) is 2.71. The number of aromatic nitrogens is 1. The second-order valence-corrected chi connectivity index (χ2v) is 6.07. The molecule has 0 fully saturated rings. The van der Waals surface area contributed by atoms with Gasteiger partial charge in [0.15, 0.2) is 0 Å². The number of carbonyl (C=O) groups is 1. The number of amides is 1. The predicted molar refractivity (Wildman–Crippen MR) is 96.5 cm³/mol. The third kappa shape index (κ3) is 4.10. The summed E-state index contributed by atoms with van der Waals surface area (Å²) in [5.41, 5.74) is 1.14. The summed E-state index contributed by atoms with van der Waals surface area (Å²) < 4.78 is 6.59. The van der Waals surface area contributed by atoms with Crippen LogP contribution in [0, 0.1) is 0 Å². The molecule has 0 aliphatic rings. The second kappa shape index (κ2) is 7.84. The number of hydrogen-bond donors (Lipinski definition) is 1. The minimum absolute atomic E-state index is 0.0735. The Balaban J connectivity index is 1.87. The van der Waals surface area contributed by atoms with E-state index in [1.807, 2.05) is 30.3 Å². The Morgan fingerprint density at radius 2 is 1.92 bits per heavy atom. The molecule has 3 aromatic rings. The summed E-state index contributed by atoms with van der Waals surface area (Å²) in [6, 6.07) is 15.7. The zero-order valence-corrected chi connectivity index (χ0v) is 14.4. The summed E-state index contributed by atoms with van der Waals surface area (Å²) in [7, 11) is 1.60. The Hall–Kier alpha value is -3.12. The molecule has 0 saturated heterocycles. The van der Waals surface area contributed by atoms with E-state index in [-0.39, 0.29) is 18.0 Å². The summed E-state index contributed by atoms with van der Waals surface area (Å²) in [6.07, 6.45) is 2.04. The molecule has 1 aromatic carbocycles. The van der Waals surface area contributed by atoms with Crippen molar-refractivity contribution in [3.05, 3.63) is 94.3 Å². The van der Waals surface area contributed by atoms with Crippen molar-refractivity contribution in [3.8, 4) is 0 Å². The Kier molecular flexibility index (Phi) is 5.34. The maximum atomic E-state index is 13.0. The summed E-state index contributed by atoms with van der Waals surface area (Å²) in [5.74, 6) is 0.131. The Labute approximate surface area is 150 Å². The highest BCUT2D eigenvalue weighted by atomic mass is 16.4. The van der Waals surface area contributed by atoms with Crippen LogP contribution in [0.5, 0.6) is 0 Å². The minimum atomic E-state index is -0.940. The van der Waals surface area contributed by atoms with Crippen LogP contribution >= 0.6 is 0 Å². The van der Waals surface area contributed by atoms with E-state index in [1.165, 1.54) is 29.2 Å². The third-order valence-electron chi connectivity index (χ3n) is 4.10. The number of aliphatic hydroxyl groups is 1. The molecule has 0 aliphatic heterocycles. The van der Waals surface area contributed by atoms with Gasteiger partial charge in [0.25, 0.3) is 5.91 Å². The first-order chi connectivity index (χ1) is 12.5. The lowest BCUT2D eigenvalue weighted by Crippen LogP contribution is -2.35. The Bertz CT molecular complexity index is 916. The molecule has 0 radical (unpaired) electrons. The maximum Gasteiger partial charge on any atom is 0.255 e. The summed E-state index contributed by atoms with van der Waals surface area (Å²) in [6.45, 7) is 0.407. The molecule has 2 aromatic heterocycles. The van der Waals surface area contributed by atoms with Gasteiger partial charge in [0.2, 0.25) is 5.56 Å². The number of benzene rings is 1. The zero-order chi connectivity index (χ0) is 18.5. The maximum absolute atomic E-state index is 13.0. The van der Waals surface area contributed by atoms with Gasteiger partial charge in [0.1, 0.15) is 11.9 Å². The molecule has 2 heterocycles. The molecular formula is C20H20N2O4. The van der Waals surface area contributed by atoms with E-state index in [2.05, 4.69) is 0 Å². The van der Waals surface area contributed by atoms with E-state index in [0.717, 1.165) is 5.56 Å². The number of hydrogen-bond acceptors (Lipinski definition) is 4. The van der Waals surface area contributed by atoms with Crippen molar-refractivity contribution in [2.24, 2.45) is 7.05 Å². The van der Waals surface area contributed by atoms with Crippen molar-refractivity contribution in [2.75, 3.05) is 6.54 Å². The Morgan fingerprint density at radius 3 is 2.58 bits per heavy atom. The molecule has 1 amide bonds. The van der Waals surface area contributed by atoms with Crippen molar-refractivity contribution in [3.63, 3.8) is 0 Å². The van der Waals surface area contributed by atoms with Crippen LogP contribution in [0.1, 0.15) is 27.8 Å². The van der Waals surface area contributed by atoms with Gasteiger partial charge < -0.3 is 19.0 Å². The molecule has 26 heavy (non-hydrogen) atoms. The van der Waals surface area contributed by atoms with Gasteiger partial charge in [0.05, 0.1) is 18.4 Å². The molecule has 1 unspecified atom stereocenters. The van der Waals surface area contributed by atoms with Crippen LogP contribution in [0.4, 0.5) is 0 Å². The van der Waals surface area contributed by atoms with Gasteiger partial charge in [-0.15, -0.1) is 0 Å². The van der Waals surface area contributed by atoms with E-state index in [9.17, 15) is 14.7 Å². The number of aryl methyl sites for hydroxylation is 1. The van der Waals surface area contributed by atoms with Crippen LogP contribution in [-0.2, 0) is 13.6 Å². The van der Waals surface area contributed by atoms with Gasteiger partial charge in [-0.05, 0) is 23.8 Å². The fourth-order valence-electron chi connectivity index (χ4n) is 2.71. The smallest absolute Gasteiger partial charge is 0.255 e. The van der Waals surface area contributed by atoms with E-state index < -0.39 is 6.10 Å². The van der Waals surface area contributed by atoms with Crippen molar-refractivity contribution in [1.29, 1.82) is 0 Å². The number of carbonyl (C=O) groups excluding carboxylic acids is 1. The van der Waals surface area contributed by atoms with E-state index in [0.29, 0.717) is 17.9 Å². The first-order valence-electron chi connectivity index (χ1n) is 8.26. The molecule has 0 saturated carbocycles. The molecule has 6 nitrogen and oxygen atoms in total. The predicted octanol–water partition coefficient (Wildman–Crippen LogP) is 2.35. The third-order valence-corrected chi connectivity index (χ3v) is 4.10. The summed E-state index contributed by atoms with van der Waals surface area (Å²) in [4.78, 5) is 26.1. The number of rotatable bonds is 6. The zero-order valence-electron chi connectivity index (χ0n) is 14.4. The minimum Gasteiger partial charge on any atom is -0.467 e. The SMILES string of the molecule is Cn1cc(C(=O)N(Cc2ccccc2)CC(O)c2ccco2)ccc1=O. The molecule has 0 spiro atoms. The van der Waals surface area contributed by atoms with Gasteiger partial charge in [-0.2, -0.15) is 0 Å². The van der Waals surface area contributed by atoms with Crippen LogP contribution in [0.2, 0.25) is 0 Å². The summed E-state index contributed by atoms with van der Waals surface area (Å²) in [5, 5.41) is 10.4. The summed E-state index contributed by atoms with van der Waals surface area (Å²) >= 11 is 0. The van der Waals surface area contributed by atoms with Gasteiger partial charge in [-0.1, -0.05) is 30.3 Å². The average Bonchev–Trinajstić information content (AvgIpc) is 3.18. The quantitative estimate of drug-likeness (QED) is 0.739. The van der Waals surface area contributed by atoms with Gasteiger partial charge in [-0.25, -0.2) is 0 Å². The average molecular weight is 352 g/mol. The molecule has 6 heteroatoms. The second-order valence-electron chi connectivity index (χ2n) is 6.07. The molecule has 0 aliphatic carbocycles. The van der Waals surface area contributed by atoms with E-state index in [4.69, 9.17) is 4.42 Å². The Morgan fingerprint density at radius 1 is 1.15 bits per heavy atom. The lowest BCUT2D eigenvalue weighted by molar-refractivity contribution is 0.0562. The monoisotopic (exact) mass is 352 g/mol. The lowest BCUT2D eigenvalue weighted by Gasteiger charge is -2.25. The first-order valence-corrected chi connectivity index (χ1v) is 8.26. The van der Waals surface area contributed by atoms with Gasteiger partial charge in [-0.3, -0.25) is 9.59 Å². The molecule has 3 rings (SSSR count). The van der Waals surface area contributed by atoms with Crippen LogP contribution in [0.3, 0.4) is 0 Å². The molecule has 134 valence electrons. The normalized spacial score (nSPS) is 11.9. The van der Waals surface area contributed by atoms with Crippen LogP contribution in [0.15, 0.2) is 76.3 Å². The van der Waals surface area contributed by atoms with Crippen molar-refractivity contribution >= 4 is 5.91 Å². The topological polar surface area (TPSA) is 75.7 Å². The van der Waals surface area contributed by atoms with Crippen LogP contribution in [-0.4, -0.2) is 27.0 Å². The van der Waals surface area contributed by atoms with E-state index >= 15 is 0 Å². The number of nitrogens with zero attached hydrogens (tertiary/aromatic N) is 2. The number of furan rings is 1. The van der Waals surface area contributed by atoms with Crippen LogP contribution < -0.4 is 5.56 Å². The number of pyridine rings is 1. The van der Waals surface area contributed by atoms with Crippen molar-refractivity contribution < 1.29 is 14.3 Å². The molecule has 1 N–H and O–H groups in total. The lowest BCUT2D eigenvalue weighted by atomic mass is 10.1.